The maximum absolute atomic E-state index is 10.9. The Morgan fingerprint density at radius 3 is 2.59 bits per heavy atom. The Kier molecular flexibility index (Phi) is 5.41. The summed E-state index contributed by atoms with van der Waals surface area (Å²) in [6.45, 7) is 0. The standard InChI is InChI=1S/C15H14O2/c1-3-14(17-15(16)4-2)12-8-11-13-9-6-5-7-10-13/h1-2,5-7,9-10,14H,8,11-12H2. The average molecular weight is 226 g/mol. The third-order valence-corrected chi connectivity index (χ3v) is 2.33. The molecule has 1 rings (SSSR count). The molecule has 1 atom stereocenters. The number of carbonyl (C=O) groups excluding carboxylic acids is 1. The largest absolute Gasteiger partial charge is 0.440 e. The second-order valence-corrected chi connectivity index (χ2v) is 3.58. The van der Waals surface area contributed by atoms with Crippen LogP contribution in [-0.4, -0.2) is 12.1 Å². The van der Waals surface area contributed by atoms with E-state index in [1.807, 2.05) is 24.1 Å². The quantitative estimate of drug-likeness (QED) is 0.437. The molecule has 0 saturated carbocycles. The Morgan fingerprint density at radius 1 is 1.29 bits per heavy atom. The molecule has 0 heterocycles. The molecule has 0 spiro atoms. The maximum Gasteiger partial charge on any atom is 0.385 e. The molecule has 0 bridgehead atoms. The summed E-state index contributed by atoms with van der Waals surface area (Å²) in [4.78, 5) is 10.9. The number of rotatable bonds is 5. The number of aryl methyl sites for hydroxylation is 1. The van der Waals surface area contributed by atoms with Gasteiger partial charge in [-0.05, 0) is 24.8 Å². The molecule has 0 fully saturated rings. The first-order valence-corrected chi connectivity index (χ1v) is 5.43. The van der Waals surface area contributed by atoms with Gasteiger partial charge in [0, 0.05) is 5.92 Å². The summed E-state index contributed by atoms with van der Waals surface area (Å²) in [6.07, 6.45) is 12.0. The number of carbonyl (C=O) groups is 1. The van der Waals surface area contributed by atoms with Gasteiger partial charge in [-0.15, -0.1) is 12.8 Å². The summed E-state index contributed by atoms with van der Waals surface area (Å²) in [5.74, 6) is 3.59. The van der Waals surface area contributed by atoms with Crippen molar-refractivity contribution in [2.24, 2.45) is 0 Å². The molecule has 0 amide bonds. The SMILES string of the molecule is C#CC(=O)OC(C#C)CCCc1ccccc1. The minimum Gasteiger partial charge on any atom is -0.440 e. The van der Waals surface area contributed by atoms with Crippen LogP contribution in [0.5, 0.6) is 0 Å². The summed E-state index contributed by atoms with van der Waals surface area (Å²) in [5.41, 5.74) is 1.24. The third kappa shape index (κ3) is 4.91. The molecule has 0 N–H and O–H groups in total. The van der Waals surface area contributed by atoms with Crippen LogP contribution in [0.15, 0.2) is 30.3 Å². The number of ether oxygens (including phenoxy) is 1. The smallest absolute Gasteiger partial charge is 0.385 e. The predicted octanol–water partition coefficient (Wildman–Crippen LogP) is 2.19. The van der Waals surface area contributed by atoms with Crippen LogP contribution in [0, 0.1) is 24.7 Å². The molecule has 0 aliphatic rings. The van der Waals surface area contributed by atoms with Gasteiger partial charge in [0.2, 0.25) is 0 Å². The van der Waals surface area contributed by atoms with Crippen molar-refractivity contribution in [1.82, 2.24) is 0 Å². The maximum atomic E-state index is 10.9. The molecule has 2 nitrogen and oxygen atoms in total. The first-order valence-electron chi connectivity index (χ1n) is 5.43. The van der Waals surface area contributed by atoms with Gasteiger partial charge >= 0.3 is 5.97 Å². The zero-order valence-electron chi connectivity index (χ0n) is 9.56. The topological polar surface area (TPSA) is 26.3 Å². The van der Waals surface area contributed by atoms with E-state index >= 15 is 0 Å². The lowest BCUT2D eigenvalue weighted by molar-refractivity contribution is -0.139. The highest BCUT2D eigenvalue weighted by Gasteiger charge is 2.09. The monoisotopic (exact) mass is 226 g/mol. The first-order chi connectivity index (χ1) is 8.26. The van der Waals surface area contributed by atoms with Crippen LogP contribution in [0.2, 0.25) is 0 Å². The van der Waals surface area contributed by atoms with Crippen molar-refractivity contribution in [3.8, 4) is 24.7 Å². The Bertz CT molecular complexity index is 434. The van der Waals surface area contributed by atoms with Crippen molar-refractivity contribution in [1.29, 1.82) is 0 Å². The van der Waals surface area contributed by atoms with Crippen molar-refractivity contribution >= 4 is 5.97 Å². The van der Waals surface area contributed by atoms with Crippen LogP contribution < -0.4 is 0 Å². The predicted molar refractivity (Wildman–Crippen MR) is 66.9 cm³/mol. The third-order valence-electron chi connectivity index (χ3n) is 2.33. The lowest BCUT2D eigenvalue weighted by atomic mass is 10.1. The molecule has 86 valence electrons. The van der Waals surface area contributed by atoms with E-state index in [1.165, 1.54) is 5.56 Å². The first kappa shape index (κ1) is 12.9. The van der Waals surface area contributed by atoms with E-state index in [2.05, 4.69) is 18.1 Å². The van der Waals surface area contributed by atoms with Crippen LogP contribution in [0.3, 0.4) is 0 Å². The molecule has 1 aromatic carbocycles. The van der Waals surface area contributed by atoms with Crippen LogP contribution in [0.4, 0.5) is 0 Å². The second kappa shape index (κ2) is 7.14. The van der Waals surface area contributed by atoms with Gasteiger partial charge in [-0.3, -0.25) is 0 Å². The highest BCUT2D eigenvalue weighted by molar-refractivity contribution is 5.87. The number of hydrogen-bond donors (Lipinski definition) is 0. The van der Waals surface area contributed by atoms with E-state index in [4.69, 9.17) is 17.6 Å². The Morgan fingerprint density at radius 2 is 2.00 bits per heavy atom. The Balaban J connectivity index is 2.32. The molecule has 17 heavy (non-hydrogen) atoms. The molecular weight excluding hydrogens is 212 g/mol. The number of benzene rings is 1. The van der Waals surface area contributed by atoms with Crippen LogP contribution >= 0.6 is 0 Å². The van der Waals surface area contributed by atoms with Crippen LogP contribution in [0.1, 0.15) is 18.4 Å². The lowest BCUT2D eigenvalue weighted by Gasteiger charge is -2.09. The van der Waals surface area contributed by atoms with Crippen LogP contribution in [0.25, 0.3) is 0 Å². The molecule has 0 aliphatic carbocycles. The van der Waals surface area contributed by atoms with E-state index in [1.54, 1.807) is 0 Å². The fourth-order valence-electron chi connectivity index (χ4n) is 1.48. The van der Waals surface area contributed by atoms with Gasteiger partial charge in [0.15, 0.2) is 6.10 Å². The van der Waals surface area contributed by atoms with Gasteiger partial charge in [-0.25, -0.2) is 4.79 Å². The van der Waals surface area contributed by atoms with E-state index in [0.717, 1.165) is 12.8 Å². The fourth-order valence-corrected chi connectivity index (χ4v) is 1.48. The van der Waals surface area contributed by atoms with E-state index in [0.29, 0.717) is 6.42 Å². The second-order valence-electron chi connectivity index (χ2n) is 3.58. The summed E-state index contributed by atoms with van der Waals surface area (Å²) in [6, 6.07) is 10.1. The molecular formula is C15H14O2. The number of esters is 1. The summed E-state index contributed by atoms with van der Waals surface area (Å²) >= 11 is 0. The summed E-state index contributed by atoms with van der Waals surface area (Å²) < 4.78 is 4.88. The fraction of sp³-hybridized carbons (Fsp3) is 0.267. The number of terminal acetylenes is 2. The van der Waals surface area contributed by atoms with Gasteiger partial charge in [0.1, 0.15) is 0 Å². The van der Waals surface area contributed by atoms with Gasteiger partial charge < -0.3 is 4.74 Å². The molecule has 1 aromatic rings. The molecule has 0 aromatic heterocycles. The van der Waals surface area contributed by atoms with Crippen LogP contribution in [-0.2, 0) is 16.0 Å². The zero-order chi connectivity index (χ0) is 12.5. The van der Waals surface area contributed by atoms with E-state index in [-0.39, 0.29) is 0 Å². The Labute approximate surface area is 102 Å². The van der Waals surface area contributed by atoms with Crippen molar-refractivity contribution in [3.05, 3.63) is 35.9 Å². The van der Waals surface area contributed by atoms with Crippen molar-refractivity contribution in [2.75, 3.05) is 0 Å². The van der Waals surface area contributed by atoms with E-state index < -0.39 is 12.1 Å². The zero-order valence-corrected chi connectivity index (χ0v) is 9.56. The Hall–Kier alpha value is -2.19. The minimum absolute atomic E-state index is 0.526. The van der Waals surface area contributed by atoms with E-state index in [9.17, 15) is 4.79 Å². The minimum atomic E-state index is -0.701. The molecule has 0 saturated heterocycles. The molecule has 2 heteroatoms. The van der Waals surface area contributed by atoms with Gasteiger partial charge in [-0.1, -0.05) is 36.3 Å². The average Bonchev–Trinajstić information content (AvgIpc) is 2.38. The normalized spacial score (nSPS) is 10.9. The molecule has 0 aliphatic heterocycles. The summed E-state index contributed by atoms with van der Waals surface area (Å²) in [5, 5.41) is 0. The van der Waals surface area contributed by atoms with Crippen molar-refractivity contribution < 1.29 is 9.53 Å². The highest BCUT2D eigenvalue weighted by Crippen LogP contribution is 2.08. The van der Waals surface area contributed by atoms with Crippen molar-refractivity contribution in [2.45, 2.75) is 25.4 Å². The van der Waals surface area contributed by atoms with Gasteiger partial charge in [0.05, 0.1) is 0 Å². The van der Waals surface area contributed by atoms with Gasteiger partial charge in [0.25, 0.3) is 0 Å². The lowest BCUT2D eigenvalue weighted by Crippen LogP contribution is -2.15. The molecule has 0 radical (unpaired) electrons. The van der Waals surface area contributed by atoms with Crippen molar-refractivity contribution in [3.63, 3.8) is 0 Å². The highest BCUT2D eigenvalue weighted by atomic mass is 16.5. The summed E-state index contributed by atoms with van der Waals surface area (Å²) in [7, 11) is 0. The van der Waals surface area contributed by atoms with Gasteiger partial charge in [-0.2, -0.15) is 0 Å². The molecule has 1 unspecified atom stereocenters. The number of hydrogen-bond acceptors (Lipinski definition) is 2.